The lowest BCUT2D eigenvalue weighted by molar-refractivity contribution is 0.0634. The third kappa shape index (κ3) is 6.71. The van der Waals surface area contributed by atoms with Crippen molar-refractivity contribution in [3.63, 3.8) is 0 Å². The molecule has 19 heavy (non-hydrogen) atoms. The Bertz CT molecular complexity index is 410. The molecule has 1 unspecified atom stereocenters. The van der Waals surface area contributed by atoms with Crippen molar-refractivity contribution in [2.45, 2.75) is 52.2 Å². The summed E-state index contributed by atoms with van der Waals surface area (Å²) in [6.07, 6.45) is 3.68. The second-order valence-corrected chi connectivity index (χ2v) is 5.43. The van der Waals surface area contributed by atoms with Gasteiger partial charge in [-0.25, -0.2) is 14.8 Å². The van der Waals surface area contributed by atoms with Gasteiger partial charge in [-0.2, -0.15) is 0 Å². The van der Waals surface area contributed by atoms with Crippen molar-refractivity contribution in [1.29, 1.82) is 0 Å². The third-order valence-corrected chi connectivity index (χ3v) is 2.17. The van der Waals surface area contributed by atoms with Gasteiger partial charge in [0.25, 0.3) is 0 Å². The van der Waals surface area contributed by atoms with E-state index in [9.17, 15) is 9.90 Å². The van der Waals surface area contributed by atoms with Crippen LogP contribution in [0.3, 0.4) is 0 Å². The highest BCUT2D eigenvalue weighted by atomic mass is 16.6. The number of aliphatic hydroxyl groups is 1. The van der Waals surface area contributed by atoms with Crippen LogP contribution in [0.15, 0.2) is 12.4 Å². The van der Waals surface area contributed by atoms with Crippen LogP contribution in [0.1, 0.15) is 39.7 Å². The summed E-state index contributed by atoms with van der Waals surface area (Å²) in [6, 6.07) is 0. The van der Waals surface area contributed by atoms with Gasteiger partial charge in [-0.15, -0.1) is 0 Å². The molecule has 6 nitrogen and oxygen atoms in total. The average molecular weight is 267 g/mol. The van der Waals surface area contributed by atoms with E-state index in [1.165, 1.54) is 0 Å². The molecule has 0 aliphatic rings. The summed E-state index contributed by atoms with van der Waals surface area (Å²) in [4.78, 5) is 19.5. The van der Waals surface area contributed by atoms with E-state index < -0.39 is 11.7 Å². The van der Waals surface area contributed by atoms with E-state index in [1.54, 1.807) is 40.1 Å². The Morgan fingerprint density at radius 3 is 2.47 bits per heavy atom. The fraction of sp³-hybridized carbons (Fsp3) is 0.615. The number of anilines is 1. The van der Waals surface area contributed by atoms with Crippen LogP contribution in [-0.2, 0) is 11.2 Å². The van der Waals surface area contributed by atoms with Crippen molar-refractivity contribution >= 4 is 12.0 Å². The average Bonchev–Trinajstić information content (AvgIpc) is 2.25. The number of hydrogen-bond acceptors (Lipinski definition) is 5. The Morgan fingerprint density at radius 2 is 2.00 bits per heavy atom. The predicted molar refractivity (Wildman–Crippen MR) is 71.9 cm³/mol. The van der Waals surface area contributed by atoms with Crippen LogP contribution >= 0.6 is 0 Å². The molecule has 0 saturated carbocycles. The SMILES string of the molecule is CC(O)CCc1cnc(NC(=O)OC(C)(C)C)nc1. The standard InChI is InChI=1S/C13H21N3O3/c1-9(17)5-6-10-7-14-11(15-8-10)16-12(18)19-13(2,3)4/h7-9,17H,5-6H2,1-4H3,(H,14,15,16,18). The van der Waals surface area contributed by atoms with E-state index in [0.29, 0.717) is 12.8 Å². The van der Waals surface area contributed by atoms with Crippen LogP contribution in [0.4, 0.5) is 10.7 Å². The Labute approximate surface area is 113 Å². The van der Waals surface area contributed by atoms with Crippen molar-refractivity contribution in [2.75, 3.05) is 5.32 Å². The van der Waals surface area contributed by atoms with Crippen LogP contribution in [0, 0.1) is 0 Å². The summed E-state index contributed by atoms with van der Waals surface area (Å²) in [6.45, 7) is 7.09. The monoisotopic (exact) mass is 267 g/mol. The number of ether oxygens (including phenoxy) is 1. The van der Waals surface area contributed by atoms with E-state index in [0.717, 1.165) is 5.56 Å². The van der Waals surface area contributed by atoms with Gasteiger partial charge in [0.1, 0.15) is 5.60 Å². The summed E-state index contributed by atoms with van der Waals surface area (Å²) < 4.78 is 5.09. The molecule has 6 heteroatoms. The molecule has 1 amide bonds. The molecule has 1 aromatic heterocycles. The van der Waals surface area contributed by atoms with Crippen molar-refractivity contribution in [3.05, 3.63) is 18.0 Å². The minimum atomic E-state index is -0.579. The Kier molecular flexibility index (Phi) is 5.23. The first kappa shape index (κ1) is 15.4. The van der Waals surface area contributed by atoms with Crippen LogP contribution in [0.25, 0.3) is 0 Å². The molecule has 0 fully saturated rings. The lowest BCUT2D eigenvalue weighted by Crippen LogP contribution is -2.27. The molecule has 1 rings (SSSR count). The van der Waals surface area contributed by atoms with E-state index in [1.807, 2.05) is 0 Å². The summed E-state index contributed by atoms with van der Waals surface area (Å²) in [5.41, 5.74) is 0.358. The van der Waals surface area contributed by atoms with E-state index in [4.69, 9.17) is 4.74 Å². The molecule has 0 aliphatic carbocycles. The maximum Gasteiger partial charge on any atom is 0.414 e. The molecule has 0 aliphatic heterocycles. The summed E-state index contributed by atoms with van der Waals surface area (Å²) >= 11 is 0. The minimum absolute atomic E-state index is 0.204. The quantitative estimate of drug-likeness (QED) is 0.873. The Hall–Kier alpha value is -1.69. The molecule has 0 bridgehead atoms. The van der Waals surface area contributed by atoms with Crippen molar-refractivity contribution in [3.8, 4) is 0 Å². The molecular formula is C13H21N3O3. The number of amides is 1. The van der Waals surface area contributed by atoms with Crippen LogP contribution in [0.2, 0.25) is 0 Å². The van der Waals surface area contributed by atoms with Gasteiger partial charge in [0, 0.05) is 12.4 Å². The molecule has 1 atom stereocenters. The first-order valence-corrected chi connectivity index (χ1v) is 6.25. The number of aliphatic hydroxyl groups excluding tert-OH is 1. The zero-order chi connectivity index (χ0) is 14.5. The highest BCUT2D eigenvalue weighted by Gasteiger charge is 2.16. The van der Waals surface area contributed by atoms with E-state index in [-0.39, 0.29) is 12.1 Å². The van der Waals surface area contributed by atoms with Crippen molar-refractivity contribution in [1.82, 2.24) is 9.97 Å². The largest absolute Gasteiger partial charge is 0.444 e. The van der Waals surface area contributed by atoms with E-state index in [2.05, 4.69) is 15.3 Å². The molecule has 0 radical (unpaired) electrons. The van der Waals surface area contributed by atoms with Crippen molar-refractivity contribution in [2.24, 2.45) is 0 Å². The Balaban J connectivity index is 2.50. The van der Waals surface area contributed by atoms with Gasteiger partial charge in [-0.05, 0) is 46.1 Å². The van der Waals surface area contributed by atoms with Gasteiger partial charge in [-0.1, -0.05) is 0 Å². The molecule has 0 aromatic carbocycles. The number of carbonyl (C=O) groups excluding carboxylic acids is 1. The summed E-state index contributed by atoms with van der Waals surface area (Å²) in [5.74, 6) is 0.204. The highest BCUT2D eigenvalue weighted by molar-refractivity contribution is 5.82. The number of aromatic nitrogens is 2. The molecule has 1 heterocycles. The smallest absolute Gasteiger partial charge is 0.414 e. The first-order chi connectivity index (χ1) is 8.76. The van der Waals surface area contributed by atoms with Crippen LogP contribution in [-0.4, -0.2) is 32.9 Å². The Morgan fingerprint density at radius 1 is 1.42 bits per heavy atom. The van der Waals surface area contributed by atoms with Gasteiger partial charge in [0.05, 0.1) is 6.10 Å². The highest BCUT2D eigenvalue weighted by Crippen LogP contribution is 2.09. The molecule has 1 aromatic rings. The summed E-state index contributed by atoms with van der Waals surface area (Å²) in [5, 5.41) is 11.6. The number of aryl methyl sites for hydroxylation is 1. The van der Waals surface area contributed by atoms with Crippen LogP contribution in [0.5, 0.6) is 0 Å². The van der Waals surface area contributed by atoms with Gasteiger partial charge < -0.3 is 9.84 Å². The fourth-order valence-electron chi connectivity index (χ4n) is 1.32. The zero-order valence-electron chi connectivity index (χ0n) is 11.8. The van der Waals surface area contributed by atoms with E-state index >= 15 is 0 Å². The first-order valence-electron chi connectivity index (χ1n) is 6.25. The predicted octanol–water partition coefficient (Wildman–Crippen LogP) is 2.14. The fourth-order valence-corrected chi connectivity index (χ4v) is 1.32. The number of nitrogens with one attached hydrogen (secondary N) is 1. The molecule has 0 saturated heterocycles. The number of carbonyl (C=O) groups is 1. The molecule has 2 N–H and O–H groups in total. The maximum absolute atomic E-state index is 11.5. The second kappa shape index (κ2) is 6.47. The zero-order valence-corrected chi connectivity index (χ0v) is 11.8. The number of nitrogens with zero attached hydrogens (tertiary/aromatic N) is 2. The van der Waals surface area contributed by atoms with Gasteiger partial charge >= 0.3 is 6.09 Å². The van der Waals surface area contributed by atoms with Crippen LogP contribution < -0.4 is 5.32 Å². The maximum atomic E-state index is 11.5. The van der Waals surface area contributed by atoms with Gasteiger partial charge in [0.2, 0.25) is 5.95 Å². The second-order valence-electron chi connectivity index (χ2n) is 5.43. The third-order valence-electron chi connectivity index (χ3n) is 2.17. The molecule has 106 valence electrons. The van der Waals surface area contributed by atoms with Crippen molar-refractivity contribution < 1.29 is 14.6 Å². The van der Waals surface area contributed by atoms with Gasteiger partial charge in [-0.3, -0.25) is 5.32 Å². The lowest BCUT2D eigenvalue weighted by atomic mass is 10.1. The number of hydrogen-bond donors (Lipinski definition) is 2. The minimum Gasteiger partial charge on any atom is -0.444 e. The topological polar surface area (TPSA) is 84.3 Å². The molecule has 0 spiro atoms. The normalized spacial score (nSPS) is 12.9. The molecular weight excluding hydrogens is 246 g/mol. The van der Waals surface area contributed by atoms with Gasteiger partial charge in [0.15, 0.2) is 0 Å². The summed E-state index contributed by atoms with van der Waals surface area (Å²) in [7, 11) is 0. The lowest BCUT2D eigenvalue weighted by Gasteiger charge is -2.19. The number of rotatable bonds is 4.